The van der Waals surface area contributed by atoms with Crippen LogP contribution in [0.2, 0.25) is 0 Å². The molecule has 0 aliphatic carbocycles. The standard InChI is InChI=1S/C53H33N3S/c1-2-13-38(14-3-1)51-54-52(56-53(55-51)46-20-10-9-19-44(46)49-33-41-16-6-11-21-48(41)57-49)39-28-24-35(25-29-39)34-22-26-37(27-23-34)50-43-18-8-5-15-40(43)32-47-42-17-7-4-12-36(42)30-31-45(47)50/h1-33H. The van der Waals surface area contributed by atoms with E-state index < -0.39 is 0 Å². The smallest absolute Gasteiger partial charge is 0.164 e. The van der Waals surface area contributed by atoms with Gasteiger partial charge in [0.2, 0.25) is 0 Å². The van der Waals surface area contributed by atoms with Crippen molar-refractivity contribution in [3.8, 4) is 66.9 Å². The topological polar surface area (TPSA) is 38.7 Å². The van der Waals surface area contributed by atoms with E-state index in [2.05, 4.69) is 182 Å². The summed E-state index contributed by atoms with van der Waals surface area (Å²) < 4.78 is 1.26. The molecular formula is C53H33N3S. The Labute approximate surface area is 334 Å². The van der Waals surface area contributed by atoms with Gasteiger partial charge in [-0.1, -0.05) is 182 Å². The summed E-state index contributed by atoms with van der Waals surface area (Å²) in [5.41, 5.74) is 8.73. The SMILES string of the molecule is c1ccc(-c2nc(-c3ccc(-c4ccc(-c5c6ccccc6cc6c5ccc5ccccc56)cc4)cc3)nc(-c3ccccc3-c3cc4ccccc4s3)n2)cc1. The van der Waals surface area contributed by atoms with Crippen LogP contribution < -0.4 is 0 Å². The van der Waals surface area contributed by atoms with Crippen molar-refractivity contribution in [1.82, 2.24) is 15.0 Å². The molecule has 0 aliphatic heterocycles. The summed E-state index contributed by atoms with van der Waals surface area (Å²) in [7, 11) is 0. The highest BCUT2D eigenvalue weighted by Gasteiger charge is 2.17. The molecular weight excluding hydrogens is 711 g/mol. The van der Waals surface area contributed by atoms with E-state index in [1.165, 1.54) is 58.4 Å². The molecule has 266 valence electrons. The van der Waals surface area contributed by atoms with Gasteiger partial charge in [0.15, 0.2) is 17.5 Å². The quantitative estimate of drug-likeness (QED) is 0.126. The molecule has 0 saturated carbocycles. The van der Waals surface area contributed by atoms with Crippen LogP contribution in [0.3, 0.4) is 0 Å². The minimum atomic E-state index is 0.641. The van der Waals surface area contributed by atoms with Gasteiger partial charge in [0.25, 0.3) is 0 Å². The predicted molar refractivity (Wildman–Crippen MR) is 240 cm³/mol. The third-order valence-corrected chi connectivity index (χ3v) is 12.1. The molecule has 0 radical (unpaired) electrons. The minimum absolute atomic E-state index is 0.641. The lowest BCUT2D eigenvalue weighted by Gasteiger charge is -2.14. The number of aromatic nitrogens is 3. The summed E-state index contributed by atoms with van der Waals surface area (Å²) in [4.78, 5) is 16.4. The molecule has 11 rings (SSSR count). The van der Waals surface area contributed by atoms with E-state index in [0.29, 0.717) is 17.5 Å². The molecule has 57 heavy (non-hydrogen) atoms. The molecule has 3 nitrogen and oxygen atoms in total. The van der Waals surface area contributed by atoms with Crippen LogP contribution in [-0.2, 0) is 0 Å². The maximum absolute atomic E-state index is 5.14. The van der Waals surface area contributed by atoms with E-state index >= 15 is 0 Å². The van der Waals surface area contributed by atoms with Crippen molar-refractivity contribution in [2.75, 3.05) is 0 Å². The zero-order chi connectivity index (χ0) is 37.7. The summed E-state index contributed by atoms with van der Waals surface area (Å²) in [5, 5.41) is 8.82. The largest absolute Gasteiger partial charge is 0.208 e. The Hall–Kier alpha value is -7.27. The molecule has 0 atom stereocenters. The van der Waals surface area contributed by atoms with E-state index in [9.17, 15) is 0 Å². The number of hydrogen-bond donors (Lipinski definition) is 0. The molecule has 0 aliphatic rings. The first-order chi connectivity index (χ1) is 28.2. The fourth-order valence-corrected chi connectivity index (χ4v) is 9.22. The first-order valence-electron chi connectivity index (χ1n) is 19.2. The zero-order valence-corrected chi connectivity index (χ0v) is 31.6. The summed E-state index contributed by atoms with van der Waals surface area (Å²) in [6.07, 6.45) is 0. The van der Waals surface area contributed by atoms with Crippen LogP contribution in [0.1, 0.15) is 0 Å². The first kappa shape index (κ1) is 33.1. The maximum atomic E-state index is 5.14. The van der Waals surface area contributed by atoms with E-state index in [1.807, 2.05) is 18.2 Å². The van der Waals surface area contributed by atoms with Crippen molar-refractivity contribution in [2.24, 2.45) is 0 Å². The Bertz CT molecular complexity index is 3240. The molecule has 9 aromatic carbocycles. The van der Waals surface area contributed by atoms with Gasteiger partial charge < -0.3 is 0 Å². The molecule has 4 heteroatoms. The van der Waals surface area contributed by atoms with E-state index in [-0.39, 0.29) is 0 Å². The Morgan fingerprint density at radius 1 is 0.298 bits per heavy atom. The number of nitrogens with zero attached hydrogens (tertiary/aromatic N) is 3. The minimum Gasteiger partial charge on any atom is -0.208 e. The number of fused-ring (bicyclic) bond motifs is 5. The van der Waals surface area contributed by atoms with Crippen LogP contribution in [0.5, 0.6) is 0 Å². The van der Waals surface area contributed by atoms with Crippen molar-refractivity contribution in [3.05, 3.63) is 200 Å². The highest BCUT2D eigenvalue weighted by Crippen LogP contribution is 2.41. The number of benzene rings is 9. The maximum Gasteiger partial charge on any atom is 0.164 e. The van der Waals surface area contributed by atoms with Crippen LogP contribution in [-0.4, -0.2) is 15.0 Å². The number of thiophene rings is 1. The van der Waals surface area contributed by atoms with Gasteiger partial charge in [0.1, 0.15) is 0 Å². The third kappa shape index (κ3) is 5.95. The average Bonchev–Trinajstić information content (AvgIpc) is 3.73. The Morgan fingerprint density at radius 2 is 0.842 bits per heavy atom. The van der Waals surface area contributed by atoms with E-state index in [0.717, 1.165) is 33.4 Å². The molecule has 0 saturated heterocycles. The van der Waals surface area contributed by atoms with Gasteiger partial charge >= 0.3 is 0 Å². The molecule has 2 aromatic heterocycles. The van der Waals surface area contributed by atoms with Crippen molar-refractivity contribution in [2.45, 2.75) is 0 Å². The van der Waals surface area contributed by atoms with E-state index in [1.54, 1.807) is 11.3 Å². The first-order valence-corrected chi connectivity index (χ1v) is 20.0. The van der Waals surface area contributed by atoms with Crippen molar-refractivity contribution < 1.29 is 0 Å². The number of hydrogen-bond acceptors (Lipinski definition) is 4. The van der Waals surface area contributed by atoms with Crippen LogP contribution >= 0.6 is 11.3 Å². The van der Waals surface area contributed by atoms with Crippen LogP contribution in [0.15, 0.2) is 200 Å². The zero-order valence-electron chi connectivity index (χ0n) is 30.8. The Kier molecular flexibility index (Phi) is 8.01. The van der Waals surface area contributed by atoms with Gasteiger partial charge in [0, 0.05) is 31.8 Å². The molecule has 0 N–H and O–H groups in total. The molecule has 0 unspecified atom stereocenters. The van der Waals surface area contributed by atoms with Crippen LogP contribution in [0.4, 0.5) is 0 Å². The second kappa shape index (κ2) is 13.8. The lowest BCUT2D eigenvalue weighted by atomic mass is 9.89. The van der Waals surface area contributed by atoms with Gasteiger partial charge in [-0.05, 0) is 78.2 Å². The summed E-state index contributed by atoms with van der Waals surface area (Å²) >= 11 is 1.79. The lowest BCUT2D eigenvalue weighted by molar-refractivity contribution is 1.07. The normalized spacial score (nSPS) is 11.5. The Morgan fingerprint density at radius 3 is 1.58 bits per heavy atom. The fraction of sp³-hybridized carbons (Fsp3) is 0. The third-order valence-electron chi connectivity index (χ3n) is 10.9. The van der Waals surface area contributed by atoms with Crippen molar-refractivity contribution in [3.63, 3.8) is 0 Å². The lowest BCUT2D eigenvalue weighted by Crippen LogP contribution is -2.01. The molecule has 0 bridgehead atoms. The van der Waals surface area contributed by atoms with Gasteiger partial charge in [-0.2, -0.15) is 0 Å². The van der Waals surface area contributed by atoms with Gasteiger partial charge in [-0.3, -0.25) is 0 Å². The molecule has 0 amide bonds. The van der Waals surface area contributed by atoms with Crippen LogP contribution in [0.25, 0.3) is 109 Å². The van der Waals surface area contributed by atoms with Gasteiger partial charge in [0.05, 0.1) is 0 Å². The fourth-order valence-electron chi connectivity index (χ4n) is 8.12. The summed E-state index contributed by atoms with van der Waals surface area (Å²) in [6, 6.07) is 71.2. The predicted octanol–water partition coefficient (Wildman–Crippen LogP) is 14.5. The highest BCUT2D eigenvalue weighted by molar-refractivity contribution is 7.22. The molecule has 11 aromatic rings. The average molecular weight is 744 g/mol. The van der Waals surface area contributed by atoms with Crippen molar-refractivity contribution in [1.29, 1.82) is 0 Å². The monoisotopic (exact) mass is 743 g/mol. The number of rotatable bonds is 6. The second-order valence-corrected chi connectivity index (χ2v) is 15.5. The highest BCUT2D eigenvalue weighted by atomic mass is 32.1. The summed E-state index contributed by atoms with van der Waals surface area (Å²) in [5.74, 6) is 1.94. The Balaban J connectivity index is 0.972. The van der Waals surface area contributed by atoms with Gasteiger partial charge in [-0.25, -0.2) is 15.0 Å². The van der Waals surface area contributed by atoms with Crippen molar-refractivity contribution >= 4 is 53.7 Å². The summed E-state index contributed by atoms with van der Waals surface area (Å²) in [6.45, 7) is 0. The van der Waals surface area contributed by atoms with Gasteiger partial charge in [-0.15, -0.1) is 11.3 Å². The van der Waals surface area contributed by atoms with E-state index in [4.69, 9.17) is 15.0 Å². The molecule has 0 spiro atoms. The second-order valence-electron chi connectivity index (χ2n) is 14.4. The van der Waals surface area contributed by atoms with Crippen LogP contribution in [0, 0.1) is 0 Å². The molecule has 0 fully saturated rings. The molecule has 2 heterocycles.